The molecule has 0 amide bonds. The van der Waals surface area contributed by atoms with E-state index in [9.17, 15) is 0 Å². The Balaban J connectivity index is 1.63. The Bertz CT molecular complexity index is 1030. The third-order valence-corrected chi connectivity index (χ3v) is 8.08. The van der Waals surface area contributed by atoms with Crippen molar-refractivity contribution in [3.63, 3.8) is 0 Å². The number of thiophene rings is 1. The Morgan fingerprint density at radius 3 is 2.67 bits per heavy atom. The van der Waals surface area contributed by atoms with Crippen LogP contribution in [-0.4, -0.2) is 27.9 Å². The SMILES string of the molecule is CC[C@]1(C)Cc2c(sc3nc(SC)nc(SCc4ccc(OC(C)C)cc4)c23)CO1. The van der Waals surface area contributed by atoms with Crippen LogP contribution in [-0.2, 0) is 23.5 Å². The van der Waals surface area contributed by atoms with Gasteiger partial charge in [-0.1, -0.05) is 30.8 Å². The van der Waals surface area contributed by atoms with Crippen LogP contribution in [0, 0.1) is 0 Å². The summed E-state index contributed by atoms with van der Waals surface area (Å²) in [5.41, 5.74) is 2.55. The van der Waals surface area contributed by atoms with Gasteiger partial charge in [0, 0.05) is 22.4 Å². The molecule has 0 N–H and O–H groups in total. The number of rotatable bonds is 7. The van der Waals surface area contributed by atoms with Crippen molar-refractivity contribution >= 4 is 45.1 Å². The van der Waals surface area contributed by atoms with Gasteiger partial charge in [0.25, 0.3) is 0 Å². The van der Waals surface area contributed by atoms with Crippen LogP contribution < -0.4 is 4.74 Å². The maximum absolute atomic E-state index is 6.17. The first-order valence-electron chi connectivity index (χ1n) is 10.3. The highest BCUT2D eigenvalue weighted by Crippen LogP contribution is 2.43. The lowest BCUT2D eigenvalue weighted by atomic mass is 9.90. The first-order chi connectivity index (χ1) is 14.4. The van der Waals surface area contributed by atoms with Crippen LogP contribution in [0.25, 0.3) is 10.2 Å². The minimum atomic E-state index is -0.104. The van der Waals surface area contributed by atoms with Gasteiger partial charge in [0.05, 0.1) is 18.3 Å². The number of thioether (sulfide) groups is 2. The van der Waals surface area contributed by atoms with Gasteiger partial charge in [-0.15, -0.1) is 23.1 Å². The molecule has 0 bridgehead atoms. The number of hydrogen-bond donors (Lipinski definition) is 0. The standard InChI is InChI=1S/C23H28N2O2S3/c1-6-23(4)11-17-18(12-26-23)30-21-19(17)20(24-22(25-21)28-5)29-13-15-7-9-16(10-8-15)27-14(2)3/h7-10,14H,6,11-13H2,1-5H3/t23-/m1/s1. The summed E-state index contributed by atoms with van der Waals surface area (Å²) in [6, 6.07) is 8.39. The van der Waals surface area contributed by atoms with Crippen LogP contribution in [0.5, 0.6) is 5.75 Å². The van der Waals surface area contributed by atoms with E-state index in [4.69, 9.17) is 19.4 Å². The van der Waals surface area contributed by atoms with Gasteiger partial charge in [-0.05, 0) is 56.7 Å². The van der Waals surface area contributed by atoms with Crippen molar-refractivity contribution in [2.24, 2.45) is 0 Å². The fraction of sp³-hybridized carbons (Fsp3) is 0.478. The van der Waals surface area contributed by atoms with Gasteiger partial charge in [-0.2, -0.15) is 0 Å². The van der Waals surface area contributed by atoms with E-state index in [1.165, 1.54) is 21.4 Å². The third-order valence-electron chi connectivity index (χ3n) is 5.38. The van der Waals surface area contributed by atoms with E-state index in [1.54, 1.807) is 34.9 Å². The molecule has 1 aliphatic heterocycles. The molecule has 0 spiro atoms. The van der Waals surface area contributed by atoms with E-state index in [0.29, 0.717) is 6.61 Å². The molecular weight excluding hydrogens is 432 g/mol. The number of ether oxygens (including phenoxy) is 2. The quantitative estimate of drug-likeness (QED) is 0.221. The summed E-state index contributed by atoms with van der Waals surface area (Å²) in [5.74, 6) is 1.78. The molecule has 160 valence electrons. The Hall–Kier alpha value is -1.28. The third kappa shape index (κ3) is 4.64. The molecule has 1 atom stereocenters. The highest BCUT2D eigenvalue weighted by Gasteiger charge is 2.33. The van der Waals surface area contributed by atoms with Crippen molar-refractivity contribution in [2.45, 2.75) is 74.8 Å². The zero-order valence-corrected chi connectivity index (χ0v) is 20.6. The molecule has 0 unspecified atom stereocenters. The summed E-state index contributed by atoms with van der Waals surface area (Å²) in [7, 11) is 0. The fourth-order valence-electron chi connectivity index (χ4n) is 3.53. The van der Waals surface area contributed by atoms with Crippen LogP contribution in [0.2, 0.25) is 0 Å². The van der Waals surface area contributed by atoms with Crippen molar-refractivity contribution in [1.29, 1.82) is 0 Å². The number of hydrogen-bond acceptors (Lipinski definition) is 7. The predicted molar refractivity (Wildman–Crippen MR) is 128 cm³/mol. The molecule has 0 fully saturated rings. The van der Waals surface area contributed by atoms with Gasteiger partial charge in [0.15, 0.2) is 5.16 Å². The monoisotopic (exact) mass is 460 g/mol. The molecule has 30 heavy (non-hydrogen) atoms. The van der Waals surface area contributed by atoms with Gasteiger partial charge in [-0.3, -0.25) is 0 Å². The van der Waals surface area contributed by atoms with Gasteiger partial charge in [0.2, 0.25) is 0 Å². The Morgan fingerprint density at radius 1 is 1.23 bits per heavy atom. The summed E-state index contributed by atoms with van der Waals surface area (Å²) in [6.07, 6.45) is 4.15. The number of benzene rings is 1. The van der Waals surface area contributed by atoms with Crippen LogP contribution in [0.15, 0.2) is 34.4 Å². The summed E-state index contributed by atoms with van der Waals surface area (Å²) < 4.78 is 11.9. The molecule has 1 aromatic carbocycles. The number of nitrogens with zero attached hydrogens (tertiary/aromatic N) is 2. The zero-order chi connectivity index (χ0) is 21.3. The van der Waals surface area contributed by atoms with Crippen molar-refractivity contribution < 1.29 is 9.47 Å². The first-order valence-corrected chi connectivity index (χ1v) is 13.3. The molecule has 0 aliphatic carbocycles. The van der Waals surface area contributed by atoms with Crippen molar-refractivity contribution in [2.75, 3.05) is 6.26 Å². The summed E-state index contributed by atoms with van der Waals surface area (Å²) in [6.45, 7) is 9.18. The van der Waals surface area contributed by atoms with E-state index >= 15 is 0 Å². The minimum Gasteiger partial charge on any atom is -0.491 e. The summed E-state index contributed by atoms with van der Waals surface area (Å²) in [5, 5.41) is 3.16. The van der Waals surface area contributed by atoms with E-state index in [0.717, 1.165) is 39.4 Å². The molecule has 7 heteroatoms. The van der Waals surface area contributed by atoms with Crippen LogP contribution in [0.1, 0.15) is 50.1 Å². The number of aromatic nitrogens is 2. The van der Waals surface area contributed by atoms with E-state index in [1.807, 2.05) is 20.1 Å². The molecule has 0 radical (unpaired) electrons. The maximum Gasteiger partial charge on any atom is 0.189 e. The van der Waals surface area contributed by atoms with Gasteiger partial charge in [0.1, 0.15) is 15.6 Å². The van der Waals surface area contributed by atoms with E-state index < -0.39 is 0 Å². The lowest BCUT2D eigenvalue weighted by Crippen LogP contribution is -2.33. The lowest BCUT2D eigenvalue weighted by Gasteiger charge is -2.33. The summed E-state index contributed by atoms with van der Waals surface area (Å²) >= 11 is 5.16. The molecule has 1 aliphatic rings. The topological polar surface area (TPSA) is 44.2 Å². The van der Waals surface area contributed by atoms with Crippen molar-refractivity contribution in [1.82, 2.24) is 9.97 Å². The molecular formula is C23H28N2O2S3. The Kier molecular flexibility index (Phi) is 6.63. The van der Waals surface area contributed by atoms with Crippen molar-refractivity contribution in [3.8, 4) is 5.75 Å². The largest absolute Gasteiger partial charge is 0.491 e. The zero-order valence-electron chi connectivity index (χ0n) is 18.2. The molecule has 4 rings (SSSR count). The molecule has 0 saturated heterocycles. The normalized spacial score (nSPS) is 18.7. The average molecular weight is 461 g/mol. The lowest BCUT2D eigenvalue weighted by molar-refractivity contribution is -0.0543. The Morgan fingerprint density at radius 2 is 2.00 bits per heavy atom. The highest BCUT2D eigenvalue weighted by atomic mass is 32.2. The van der Waals surface area contributed by atoms with E-state index in [-0.39, 0.29) is 11.7 Å². The van der Waals surface area contributed by atoms with Gasteiger partial charge in [-0.25, -0.2) is 9.97 Å². The van der Waals surface area contributed by atoms with Crippen molar-refractivity contribution in [3.05, 3.63) is 40.3 Å². The smallest absolute Gasteiger partial charge is 0.189 e. The molecule has 4 nitrogen and oxygen atoms in total. The maximum atomic E-state index is 6.17. The predicted octanol–water partition coefficient (Wildman–Crippen LogP) is 6.73. The van der Waals surface area contributed by atoms with Gasteiger partial charge < -0.3 is 9.47 Å². The van der Waals surface area contributed by atoms with Gasteiger partial charge >= 0.3 is 0 Å². The van der Waals surface area contributed by atoms with Crippen LogP contribution in [0.4, 0.5) is 0 Å². The second kappa shape index (κ2) is 9.07. The molecule has 3 aromatic rings. The second-order valence-electron chi connectivity index (χ2n) is 8.07. The Labute approximate surface area is 191 Å². The second-order valence-corrected chi connectivity index (χ2v) is 10.9. The first kappa shape index (κ1) is 21.9. The van der Waals surface area contributed by atoms with E-state index in [2.05, 4.69) is 38.1 Å². The highest BCUT2D eigenvalue weighted by molar-refractivity contribution is 7.99. The van der Waals surface area contributed by atoms with Crippen LogP contribution >= 0.6 is 34.9 Å². The number of fused-ring (bicyclic) bond motifs is 3. The average Bonchev–Trinajstić information content (AvgIpc) is 3.10. The van der Waals surface area contributed by atoms with Crippen LogP contribution in [0.3, 0.4) is 0 Å². The summed E-state index contributed by atoms with van der Waals surface area (Å²) in [4.78, 5) is 12.1. The molecule has 0 saturated carbocycles. The minimum absolute atomic E-state index is 0.104. The molecule has 2 aromatic heterocycles. The molecule has 3 heterocycles. The fourth-order valence-corrected chi connectivity index (χ4v) is 6.19.